The molecule has 5 nitrogen and oxygen atoms in total. The van der Waals surface area contributed by atoms with Crippen LogP contribution in [0.25, 0.3) is 0 Å². The van der Waals surface area contributed by atoms with E-state index in [9.17, 15) is 9.90 Å². The highest BCUT2D eigenvalue weighted by atomic mass is 16.4. The number of piperidine rings is 1. The van der Waals surface area contributed by atoms with Crippen molar-refractivity contribution in [1.29, 1.82) is 0 Å². The van der Waals surface area contributed by atoms with Crippen LogP contribution in [0.3, 0.4) is 0 Å². The fourth-order valence-electron chi connectivity index (χ4n) is 2.60. The van der Waals surface area contributed by atoms with Crippen LogP contribution in [-0.4, -0.2) is 33.2 Å². The number of hydrogen-bond donors (Lipinski definition) is 1. The molecule has 0 amide bonds. The highest BCUT2D eigenvalue weighted by molar-refractivity contribution is 5.78. The fourth-order valence-corrected chi connectivity index (χ4v) is 2.60. The van der Waals surface area contributed by atoms with E-state index in [4.69, 9.17) is 0 Å². The third-order valence-electron chi connectivity index (χ3n) is 3.48. The lowest BCUT2D eigenvalue weighted by molar-refractivity contribution is -0.140. The fraction of sp³-hybridized carbons (Fsp3) is 0.667. The highest BCUT2D eigenvalue weighted by Crippen LogP contribution is 2.27. The molecule has 2 rings (SSSR count). The first-order chi connectivity index (χ1) is 8.15. The molecule has 1 N–H and O–H groups in total. The maximum absolute atomic E-state index is 11.4. The number of carboxylic acids is 1. The molecular formula is C12H19N3O2. The average Bonchev–Trinajstić information content (AvgIpc) is 2.75. The number of aromatic nitrogens is 2. The molecule has 0 radical (unpaired) electrons. The van der Waals surface area contributed by atoms with Gasteiger partial charge in [-0.05, 0) is 25.7 Å². The zero-order chi connectivity index (χ0) is 12.4. The molecule has 0 saturated carbocycles. The molecule has 1 aliphatic heterocycles. The topological polar surface area (TPSA) is 58.4 Å². The summed E-state index contributed by atoms with van der Waals surface area (Å²) in [6.45, 7) is 5.63. The predicted octanol–water partition coefficient (Wildman–Crippen LogP) is 1.59. The van der Waals surface area contributed by atoms with Gasteiger partial charge in [0.15, 0.2) is 0 Å². The molecule has 1 aliphatic rings. The molecule has 0 spiro atoms. The van der Waals surface area contributed by atoms with E-state index in [1.807, 2.05) is 29.5 Å². The number of carboxylic acid groups (broad SMARTS) is 1. The van der Waals surface area contributed by atoms with Crippen LogP contribution < -0.4 is 4.90 Å². The smallest absolute Gasteiger partial charge is 0.326 e. The Kier molecular flexibility index (Phi) is 3.36. The van der Waals surface area contributed by atoms with Gasteiger partial charge in [-0.2, -0.15) is 0 Å². The zero-order valence-electron chi connectivity index (χ0n) is 10.3. The summed E-state index contributed by atoms with van der Waals surface area (Å²) < 4.78 is 1.99. The quantitative estimate of drug-likeness (QED) is 0.867. The molecule has 1 aromatic heterocycles. The summed E-state index contributed by atoms with van der Waals surface area (Å²) in [7, 11) is 0. The molecule has 0 aliphatic carbocycles. The van der Waals surface area contributed by atoms with E-state index in [1.165, 1.54) is 0 Å². The number of carbonyl (C=O) groups is 1. The lowest BCUT2D eigenvalue weighted by atomic mass is 9.91. The molecular weight excluding hydrogens is 218 g/mol. The normalized spacial score (nSPS) is 24.9. The Hall–Kier alpha value is -1.52. The van der Waals surface area contributed by atoms with Crippen LogP contribution in [0, 0.1) is 5.92 Å². The standard InChI is InChI=1S/C12H19N3O2/c1-3-14-8-6-13-12(14)15-7-4-5-9(2)10(15)11(16)17/h6,8-10H,3-5,7H2,1-2H3,(H,16,17). The van der Waals surface area contributed by atoms with Crippen molar-refractivity contribution in [3.63, 3.8) is 0 Å². The minimum absolute atomic E-state index is 0.170. The number of hydrogen-bond acceptors (Lipinski definition) is 3. The Morgan fingerprint density at radius 3 is 3.06 bits per heavy atom. The lowest BCUT2D eigenvalue weighted by Gasteiger charge is -2.38. The van der Waals surface area contributed by atoms with Crippen LogP contribution in [0.1, 0.15) is 26.7 Å². The van der Waals surface area contributed by atoms with Crippen LogP contribution in [-0.2, 0) is 11.3 Å². The third kappa shape index (κ3) is 2.14. The van der Waals surface area contributed by atoms with Crippen molar-refractivity contribution < 1.29 is 9.90 Å². The van der Waals surface area contributed by atoms with Crippen molar-refractivity contribution in [1.82, 2.24) is 9.55 Å². The number of aliphatic carboxylic acids is 1. The summed E-state index contributed by atoms with van der Waals surface area (Å²) in [5.74, 6) is 0.206. The molecule has 2 unspecified atom stereocenters. The second-order valence-corrected chi connectivity index (χ2v) is 4.61. The molecule has 17 heavy (non-hydrogen) atoms. The Morgan fingerprint density at radius 2 is 2.41 bits per heavy atom. The number of rotatable bonds is 3. The van der Waals surface area contributed by atoms with E-state index in [2.05, 4.69) is 4.98 Å². The summed E-state index contributed by atoms with van der Waals surface area (Å²) in [5.41, 5.74) is 0. The van der Waals surface area contributed by atoms with Gasteiger partial charge in [0.25, 0.3) is 0 Å². The first-order valence-corrected chi connectivity index (χ1v) is 6.15. The van der Waals surface area contributed by atoms with Crippen LogP contribution >= 0.6 is 0 Å². The summed E-state index contributed by atoms with van der Waals surface area (Å²) >= 11 is 0. The molecule has 0 aromatic carbocycles. The second kappa shape index (κ2) is 4.77. The van der Waals surface area contributed by atoms with E-state index in [0.717, 1.165) is 31.9 Å². The van der Waals surface area contributed by atoms with E-state index in [-0.39, 0.29) is 5.92 Å². The predicted molar refractivity (Wildman–Crippen MR) is 65.1 cm³/mol. The van der Waals surface area contributed by atoms with Gasteiger partial charge < -0.3 is 14.6 Å². The van der Waals surface area contributed by atoms with Crippen LogP contribution in [0.5, 0.6) is 0 Å². The van der Waals surface area contributed by atoms with Gasteiger partial charge in [0, 0.05) is 25.5 Å². The monoisotopic (exact) mass is 237 g/mol. The molecule has 94 valence electrons. The van der Waals surface area contributed by atoms with Crippen molar-refractivity contribution in [3.05, 3.63) is 12.4 Å². The Balaban J connectivity index is 2.31. The highest BCUT2D eigenvalue weighted by Gasteiger charge is 2.35. The first-order valence-electron chi connectivity index (χ1n) is 6.15. The minimum atomic E-state index is -0.747. The number of aryl methyl sites for hydroxylation is 1. The van der Waals surface area contributed by atoms with Gasteiger partial charge in [-0.15, -0.1) is 0 Å². The Bertz CT molecular complexity index is 402. The third-order valence-corrected chi connectivity index (χ3v) is 3.48. The number of nitrogens with zero attached hydrogens (tertiary/aromatic N) is 3. The van der Waals surface area contributed by atoms with Gasteiger partial charge in [-0.1, -0.05) is 6.92 Å². The zero-order valence-corrected chi connectivity index (χ0v) is 10.3. The van der Waals surface area contributed by atoms with Gasteiger partial charge in [0.1, 0.15) is 6.04 Å². The van der Waals surface area contributed by atoms with E-state index in [0.29, 0.717) is 0 Å². The molecule has 1 saturated heterocycles. The first kappa shape index (κ1) is 12.0. The molecule has 1 aromatic rings. The Labute approximate surface area is 101 Å². The van der Waals surface area contributed by atoms with Gasteiger partial charge in [-0.25, -0.2) is 9.78 Å². The maximum Gasteiger partial charge on any atom is 0.326 e. The van der Waals surface area contributed by atoms with Crippen molar-refractivity contribution in [2.75, 3.05) is 11.4 Å². The van der Waals surface area contributed by atoms with Crippen molar-refractivity contribution >= 4 is 11.9 Å². The molecule has 0 bridgehead atoms. The molecule has 1 fully saturated rings. The summed E-state index contributed by atoms with van der Waals surface area (Å²) in [6, 6.07) is -0.448. The second-order valence-electron chi connectivity index (χ2n) is 4.61. The van der Waals surface area contributed by atoms with Crippen molar-refractivity contribution in [3.8, 4) is 0 Å². The van der Waals surface area contributed by atoms with E-state index >= 15 is 0 Å². The molecule has 2 atom stereocenters. The maximum atomic E-state index is 11.4. The summed E-state index contributed by atoms with van der Waals surface area (Å²) in [6.07, 6.45) is 5.63. The van der Waals surface area contributed by atoms with Gasteiger partial charge in [0.05, 0.1) is 0 Å². The largest absolute Gasteiger partial charge is 0.480 e. The van der Waals surface area contributed by atoms with Crippen molar-refractivity contribution in [2.45, 2.75) is 39.3 Å². The summed E-state index contributed by atoms with van der Waals surface area (Å²) in [4.78, 5) is 17.6. The minimum Gasteiger partial charge on any atom is -0.480 e. The number of anilines is 1. The average molecular weight is 237 g/mol. The van der Waals surface area contributed by atoms with Crippen LogP contribution in [0.15, 0.2) is 12.4 Å². The summed E-state index contributed by atoms with van der Waals surface area (Å²) in [5, 5.41) is 9.36. The van der Waals surface area contributed by atoms with E-state index < -0.39 is 12.0 Å². The van der Waals surface area contributed by atoms with E-state index in [1.54, 1.807) is 6.20 Å². The molecule has 5 heteroatoms. The molecule has 2 heterocycles. The SMILES string of the molecule is CCn1ccnc1N1CCCC(C)C1C(=O)O. The van der Waals surface area contributed by atoms with Gasteiger partial charge in [0.2, 0.25) is 5.95 Å². The van der Waals surface area contributed by atoms with Gasteiger partial charge in [-0.3, -0.25) is 0 Å². The van der Waals surface area contributed by atoms with Crippen LogP contribution in [0.2, 0.25) is 0 Å². The van der Waals surface area contributed by atoms with Crippen molar-refractivity contribution in [2.24, 2.45) is 5.92 Å². The van der Waals surface area contributed by atoms with Gasteiger partial charge >= 0.3 is 5.97 Å². The van der Waals surface area contributed by atoms with Crippen LogP contribution in [0.4, 0.5) is 5.95 Å². The lowest BCUT2D eigenvalue weighted by Crippen LogP contribution is -2.50. The number of imidazole rings is 1. The Morgan fingerprint density at radius 1 is 1.65 bits per heavy atom.